The van der Waals surface area contributed by atoms with E-state index in [0.717, 1.165) is 4.88 Å². The number of hydrogen-bond acceptors (Lipinski definition) is 5. The number of carbonyl (C=O) groups excluding carboxylic acids is 2. The fraction of sp³-hybridized carbons (Fsp3) is 0.333. The standard InChI is InChI=1S/C18H19N3O4S/c1-13-6-7-16(26-13)18(23)20-10-8-19(9-11-20)17(22)12-14-4-2-3-5-15(14)21(24)25/h2-7H,8-12H2,1H3. The molecule has 1 aliphatic heterocycles. The van der Waals surface area contributed by atoms with Crippen LogP contribution in [-0.4, -0.2) is 52.7 Å². The lowest BCUT2D eigenvalue weighted by Crippen LogP contribution is -2.50. The predicted molar refractivity (Wildman–Crippen MR) is 98.3 cm³/mol. The average Bonchev–Trinajstić information content (AvgIpc) is 3.08. The Morgan fingerprint density at radius 1 is 1.08 bits per heavy atom. The molecule has 1 saturated heterocycles. The van der Waals surface area contributed by atoms with Gasteiger partial charge in [0.2, 0.25) is 5.91 Å². The summed E-state index contributed by atoms with van der Waals surface area (Å²) in [5.74, 6) is -0.160. The molecule has 0 N–H and O–H groups in total. The molecule has 0 aliphatic carbocycles. The molecule has 7 nitrogen and oxygen atoms in total. The number of thiophene rings is 1. The van der Waals surface area contributed by atoms with Crippen molar-refractivity contribution in [1.29, 1.82) is 0 Å². The van der Waals surface area contributed by atoms with E-state index in [9.17, 15) is 19.7 Å². The number of nitro groups is 1. The van der Waals surface area contributed by atoms with Crippen molar-refractivity contribution in [2.24, 2.45) is 0 Å². The number of rotatable bonds is 4. The third-order valence-corrected chi connectivity index (χ3v) is 5.39. The van der Waals surface area contributed by atoms with Crippen LogP contribution in [0.5, 0.6) is 0 Å². The van der Waals surface area contributed by atoms with Gasteiger partial charge in [-0.2, -0.15) is 0 Å². The van der Waals surface area contributed by atoms with Crippen LogP contribution in [0, 0.1) is 17.0 Å². The normalized spacial score (nSPS) is 14.3. The van der Waals surface area contributed by atoms with Crippen LogP contribution in [-0.2, 0) is 11.2 Å². The Labute approximate surface area is 155 Å². The molecule has 1 aliphatic rings. The summed E-state index contributed by atoms with van der Waals surface area (Å²) >= 11 is 1.47. The van der Waals surface area contributed by atoms with E-state index < -0.39 is 4.92 Å². The number of hydrogen-bond donors (Lipinski definition) is 0. The summed E-state index contributed by atoms with van der Waals surface area (Å²) in [6, 6.07) is 10.0. The second-order valence-corrected chi connectivity index (χ2v) is 7.43. The van der Waals surface area contributed by atoms with Crippen LogP contribution < -0.4 is 0 Å². The zero-order chi connectivity index (χ0) is 18.7. The smallest absolute Gasteiger partial charge is 0.273 e. The second kappa shape index (κ2) is 7.65. The topological polar surface area (TPSA) is 83.8 Å². The van der Waals surface area contributed by atoms with E-state index in [1.54, 1.807) is 28.0 Å². The summed E-state index contributed by atoms with van der Waals surface area (Å²) in [6.07, 6.45) is -0.00474. The number of benzene rings is 1. The highest BCUT2D eigenvalue weighted by atomic mass is 32.1. The molecule has 1 fully saturated rings. The van der Waals surface area contributed by atoms with Crippen LogP contribution in [0.3, 0.4) is 0 Å². The molecule has 2 amide bonds. The van der Waals surface area contributed by atoms with Gasteiger partial charge in [0.25, 0.3) is 11.6 Å². The molecular weight excluding hydrogens is 354 g/mol. The molecule has 0 bridgehead atoms. The maximum Gasteiger partial charge on any atom is 0.273 e. The molecule has 2 heterocycles. The summed E-state index contributed by atoms with van der Waals surface area (Å²) < 4.78 is 0. The summed E-state index contributed by atoms with van der Waals surface area (Å²) in [5.41, 5.74) is 0.373. The Kier molecular flexibility index (Phi) is 5.32. The fourth-order valence-corrected chi connectivity index (χ4v) is 3.81. The molecule has 0 spiro atoms. The Hall–Kier alpha value is -2.74. The summed E-state index contributed by atoms with van der Waals surface area (Å²) in [5, 5.41) is 11.1. The lowest BCUT2D eigenvalue weighted by molar-refractivity contribution is -0.385. The lowest BCUT2D eigenvalue weighted by atomic mass is 10.1. The first kappa shape index (κ1) is 18.1. The molecule has 8 heteroatoms. The monoisotopic (exact) mass is 373 g/mol. The van der Waals surface area contributed by atoms with E-state index in [0.29, 0.717) is 36.6 Å². The van der Waals surface area contributed by atoms with E-state index >= 15 is 0 Å². The van der Waals surface area contributed by atoms with Crippen molar-refractivity contribution in [2.45, 2.75) is 13.3 Å². The maximum absolute atomic E-state index is 12.5. The molecule has 1 aromatic carbocycles. The highest BCUT2D eigenvalue weighted by Gasteiger charge is 2.26. The number of aryl methyl sites for hydroxylation is 1. The highest BCUT2D eigenvalue weighted by Crippen LogP contribution is 2.20. The summed E-state index contributed by atoms with van der Waals surface area (Å²) in [4.78, 5) is 40.8. The third kappa shape index (κ3) is 3.91. The van der Waals surface area contributed by atoms with Crippen LogP contribution in [0.15, 0.2) is 36.4 Å². The van der Waals surface area contributed by atoms with E-state index in [1.165, 1.54) is 17.4 Å². The van der Waals surface area contributed by atoms with Crippen LogP contribution in [0.2, 0.25) is 0 Å². The fourth-order valence-electron chi connectivity index (χ4n) is 2.98. The van der Waals surface area contributed by atoms with Gasteiger partial charge in [0, 0.05) is 42.7 Å². The third-order valence-electron chi connectivity index (χ3n) is 4.40. The number of carbonyl (C=O) groups is 2. The second-order valence-electron chi connectivity index (χ2n) is 6.15. The zero-order valence-corrected chi connectivity index (χ0v) is 15.2. The van der Waals surface area contributed by atoms with Gasteiger partial charge in [0.05, 0.1) is 16.2 Å². The molecule has 136 valence electrons. The molecular formula is C18H19N3O4S. The molecule has 0 saturated carbocycles. The largest absolute Gasteiger partial charge is 0.339 e. The summed E-state index contributed by atoms with van der Waals surface area (Å²) in [6.45, 7) is 3.78. The first-order valence-corrected chi connectivity index (χ1v) is 9.13. The van der Waals surface area contributed by atoms with Crippen molar-refractivity contribution in [3.63, 3.8) is 0 Å². The van der Waals surface area contributed by atoms with Gasteiger partial charge >= 0.3 is 0 Å². The molecule has 2 aromatic rings. The SMILES string of the molecule is Cc1ccc(C(=O)N2CCN(C(=O)Cc3ccccc3[N+](=O)[O-])CC2)s1. The lowest BCUT2D eigenvalue weighted by Gasteiger charge is -2.34. The summed E-state index contributed by atoms with van der Waals surface area (Å²) in [7, 11) is 0. The highest BCUT2D eigenvalue weighted by molar-refractivity contribution is 7.13. The molecule has 0 unspecified atom stereocenters. The number of amides is 2. The minimum atomic E-state index is -0.470. The molecule has 26 heavy (non-hydrogen) atoms. The molecule has 0 atom stereocenters. The van der Waals surface area contributed by atoms with Crippen molar-refractivity contribution in [3.05, 3.63) is 61.8 Å². The van der Waals surface area contributed by atoms with Gasteiger partial charge in [0.15, 0.2) is 0 Å². The van der Waals surface area contributed by atoms with Gasteiger partial charge in [-0.3, -0.25) is 19.7 Å². The van der Waals surface area contributed by atoms with E-state index in [-0.39, 0.29) is 23.9 Å². The Morgan fingerprint density at radius 3 is 2.35 bits per heavy atom. The van der Waals surface area contributed by atoms with Crippen molar-refractivity contribution < 1.29 is 14.5 Å². The van der Waals surface area contributed by atoms with Crippen LogP contribution >= 0.6 is 11.3 Å². The van der Waals surface area contributed by atoms with Gasteiger partial charge in [-0.1, -0.05) is 18.2 Å². The Bertz CT molecular complexity index is 840. The predicted octanol–water partition coefficient (Wildman–Crippen LogP) is 2.49. The van der Waals surface area contributed by atoms with E-state index in [4.69, 9.17) is 0 Å². The van der Waals surface area contributed by atoms with Gasteiger partial charge in [-0.05, 0) is 19.1 Å². The quantitative estimate of drug-likeness (QED) is 0.609. The minimum Gasteiger partial charge on any atom is -0.339 e. The van der Waals surface area contributed by atoms with Gasteiger partial charge in [-0.25, -0.2) is 0 Å². The number of piperazine rings is 1. The van der Waals surface area contributed by atoms with Crippen molar-refractivity contribution in [1.82, 2.24) is 9.80 Å². The Morgan fingerprint density at radius 2 is 1.73 bits per heavy atom. The minimum absolute atomic E-state index is 0.00474. The number of nitrogens with zero attached hydrogens (tertiary/aromatic N) is 3. The van der Waals surface area contributed by atoms with E-state index in [1.807, 2.05) is 19.1 Å². The van der Waals surface area contributed by atoms with Crippen molar-refractivity contribution >= 4 is 28.8 Å². The van der Waals surface area contributed by atoms with Crippen molar-refractivity contribution in [2.75, 3.05) is 26.2 Å². The Balaban J connectivity index is 1.59. The van der Waals surface area contributed by atoms with Crippen molar-refractivity contribution in [3.8, 4) is 0 Å². The number of nitro benzene ring substituents is 1. The average molecular weight is 373 g/mol. The molecule has 3 rings (SSSR count). The van der Waals surface area contributed by atoms with Crippen LogP contribution in [0.25, 0.3) is 0 Å². The first-order valence-electron chi connectivity index (χ1n) is 8.31. The van der Waals surface area contributed by atoms with Crippen LogP contribution in [0.1, 0.15) is 20.1 Å². The molecule has 1 aromatic heterocycles. The number of para-hydroxylation sites is 1. The van der Waals surface area contributed by atoms with Gasteiger partial charge in [-0.15, -0.1) is 11.3 Å². The zero-order valence-electron chi connectivity index (χ0n) is 14.4. The van der Waals surface area contributed by atoms with Crippen LogP contribution in [0.4, 0.5) is 5.69 Å². The van der Waals surface area contributed by atoms with E-state index in [2.05, 4.69) is 0 Å². The maximum atomic E-state index is 12.5. The van der Waals surface area contributed by atoms with Gasteiger partial charge < -0.3 is 9.80 Å². The molecule has 0 radical (unpaired) electrons. The first-order chi connectivity index (χ1) is 12.5. The van der Waals surface area contributed by atoms with Gasteiger partial charge in [0.1, 0.15) is 0 Å².